The number of likely N-dealkylation sites (tertiary alicyclic amines) is 1. The molecule has 206 valence electrons. The van der Waals surface area contributed by atoms with Crippen molar-refractivity contribution in [2.24, 2.45) is 17.8 Å². The molecule has 9 heteroatoms. The molecular weight excluding hydrogens is 568 g/mol. The molecule has 4 rings (SSSR count). The molecule has 3 aliphatic rings. The lowest BCUT2D eigenvalue weighted by Gasteiger charge is -2.41. The number of carbonyl (C=O) groups is 3. The Bertz CT molecular complexity index is 1070. The molecule has 1 aromatic rings. The number of hydrogen-bond acceptors (Lipinski definition) is 6. The molecule has 38 heavy (non-hydrogen) atoms. The first-order valence-corrected chi connectivity index (χ1v) is 15.0. The molecule has 3 saturated heterocycles. The summed E-state index contributed by atoms with van der Waals surface area (Å²) < 4.78 is 4.78. The Morgan fingerprint density at radius 3 is 2.61 bits per heavy atom. The minimum Gasteiger partial charge on any atom is -0.465 e. The van der Waals surface area contributed by atoms with E-state index >= 15 is 0 Å². The number of carbonyl (C=O) groups excluding carboxylic acids is 3. The minimum absolute atomic E-state index is 0.0441. The second-order valence-electron chi connectivity index (χ2n) is 10.6. The van der Waals surface area contributed by atoms with E-state index in [1.807, 2.05) is 44.2 Å². The fourth-order valence-corrected chi connectivity index (χ4v) is 9.88. The van der Waals surface area contributed by atoms with Gasteiger partial charge in [-0.3, -0.25) is 14.4 Å². The number of aliphatic hydroxyl groups is 1. The number of thioether (sulfide) groups is 1. The predicted octanol–water partition coefficient (Wildman–Crippen LogP) is 3.80. The molecule has 1 N–H and O–H groups in total. The van der Waals surface area contributed by atoms with E-state index in [-0.39, 0.29) is 41.0 Å². The SMILES string of the molecule is C=CCCOC(=O)[C@H]1[C@H]2C(=O)N([C@@H](CO)C(C)C)C(C(=O)N(CC=C)Cc3ccccc3)C23CC(Br)[C@@H]1S3. The summed E-state index contributed by atoms with van der Waals surface area (Å²) in [5, 5.41) is 10.2. The molecule has 0 radical (unpaired) electrons. The van der Waals surface area contributed by atoms with E-state index < -0.39 is 34.6 Å². The van der Waals surface area contributed by atoms with Crippen LogP contribution in [0.25, 0.3) is 0 Å². The highest BCUT2D eigenvalue weighted by atomic mass is 79.9. The Kier molecular flexibility index (Phi) is 9.10. The van der Waals surface area contributed by atoms with Gasteiger partial charge < -0.3 is 19.6 Å². The van der Waals surface area contributed by atoms with Gasteiger partial charge in [-0.15, -0.1) is 24.9 Å². The lowest BCUT2D eigenvalue weighted by atomic mass is 9.71. The maximum absolute atomic E-state index is 14.5. The van der Waals surface area contributed by atoms with Crippen molar-refractivity contribution in [2.45, 2.75) is 60.1 Å². The molecule has 0 aliphatic carbocycles. The molecule has 3 heterocycles. The first-order chi connectivity index (χ1) is 18.2. The van der Waals surface area contributed by atoms with Gasteiger partial charge in [0.05, 0.1) is 35.8 Å². The number of benzene rings is 1. The van der Waals surface area contributed by atoms with E-state index in [2.05, 4.69) is 29.1 Å². The van der Waals surface area contributed by atoms with Crippen molar-refractivity contribution >= 4 is 45.5 Å². The van der Waals surface area contributed by atoms with Gasteiger partial charge in [0.15, 0.2) is 0 Å². The number of hydrogen-bond donors (Lipinski definition) is 1. The Hall–Kier alpha value is -2.10. The Morgan fingerprint density at radius 1 is 1.29 bits per heavy atom. The van der Waals surface area contributed by atoms with Gasteiger partial charge in [-0.2, -0.15) is 0 Å². The van der Waals surface area contributed by atoms with Gasteiger partial charge in [-0.25, -0.2) is 0 Å². The number of amides is 2. The Labute approximate surface area is 237 Å². The molecular formula is C29H37BrN2O5S. The highest BCUT2D eigenvalue weighted by Gasteiger charge is 2.76. The van der Waals surface area contributed by atoms with Crippen LogP contribution in [0, 0.1) is 17.8 Å². The van der Waals surface area contributed by atoms with Crippen LogP contribution in [-0.4, -0.2) is 79.4 Å². The molecule has 0 saturated carbocycles. The molecule has 7 nitrogen and oxygen atoms in total. The maximum Gasteiger partial charge on any atom is 0.310 e. The van der Waals surface area contributed by atoms with E-state index in [9.17, 15) is 19.5 Å². The summed E-state index contributed by atoms with van der Waals surface area (Å²) in [5.74, 6) is -2.27. The third kappa shape index (κ3) is 4.97. The van der Waals surface area contributed by atoms with Crippen LogP contribution in [0.3, 0.4) is 0 Å². The summed E-state index contributed by atoms with van der Waals surface area (Å²) in [6.45, 7) is 12.0. The van der Waals surface area contributed by atoms with E-state index in [4.69, 9.17) is 4.74 Å². The Balaban J connectivity index is 1.77. The normalized spacial score (nSPS) is 30.3. The maximum atomic E-state index is 14.5. The summed E-state index contributed by atoms with van der Waals surface area (Å²) in [4.78, 5) is 45.4. The van der Waals surface area contributed by atoms with Crippen molar-refractivity contribution in [1.29, 1.82) is 0 Å². The number of fused-ring (bicyclic) bond motifs is 1. The van der Waals surface area contributed by atoms with Gasteiger partial charge >= 0.3 is 5.97 Å². The molecule has 2 bridgehead atoms. The summed E-state index contributed by atoms with van der Waals surface area (Å²) in [6, 6.07) is 8.35. The summed E-state index contributed by atoms with van der Waals surface area (Å²) in [5.41, 5.74) is 0.973. The lowest BCUT2D eigenvalue weighted by Crippen LogP contribution is -2.58. The summed E-state index contributed by atoms with van der Waals surface area (Å²) >= 11 is 5.35. The number of rotatable bonds is 12. The largest absolute Gasteiger partial charge is 0.465 e. The van der Waals surface area contributed by atoms with Crippen molar-refractivity contribution < 1.29 is 24.2 Å². The highest BCUT2D eigenvalue weighted by molar-refractivity contribution is 9.09. The number of nitrogens with zero attached hydrogens (tertiary/aromatic N) is 2. The third-order valence-electron chi connectivity index (χ3n) is 7.99. The molecule has 3 aliphatic heterocycles. The van der Waals surface area contributed by atoms with Crippen LogP contribution < -0.4 is 0 Å². The van der Waals surface area contributed by atoms with Crippen LogP contribution in [0.2, 0.25) is 0 Å². The third-order valence-corrected chi connectivity index (χ3v) is 11.2. The fourth-order valence-electron chi connectivity index (χ4n) is 6.30. The number of halogens is 1. The fraction of sp³-hybridized carbons (Fsp3) is 0.552. The van der Waals surface area contributed by atoms with Crippen LogP contribution in [0.4, 0.5) is 0 Å². The number of alkyl halides is 1. The number of aliphatic hydroxyl groups excluding tert-OH is 1. The van der Waals surface area contributed by atoms with Crippen molar-refractivity contribution in [1.82, 2.24) is 9.80 Å². The van der Waals surface area contributed by atoms with E-state index in [1.54, 1.807) is 33.7 Å². The van der Waals surface area contributed by atoms with E-state index in [0.717, 1.165) is 5.56 Å². The van der Waals surface area contributed by atoms with Crippen molar-refractivity contribution in [3.8, 4) is 0 Å². The Morgan fingerprint density at radius 2 is 2.00 bits per heavy atom. The lowest BCUT2D eigenvalue weighted by molar-refractivity contribution is -0.154. The smallest absolute Gasteiger partial charge is 0.310 e. The first kappa shape index (κ1) is 28.9. The van der Waals surface area contributed by atoms with Gasteiger partial charge in [-0.1, -0.05) is 72.3 Å². The van der Waals surface area contributed by atoms with Crippen LogP contribution >= 0.6 is 27.7 Å². The van der Waals surface area contributed by atoms with Gasteiger partial charge in [0.25, 0.3) is 0 Å². The van der Waals surface area contributed by atoms with Crippen LogP contribution in [-0.2, 0) is 25.7 Å². The molecule has 3 unspecified atom stereocenters. The monoisotopic (exact) mass is 604 g/mol. The molecule has 3 fully saturated rings. The zero-order valence-corrected chi connectivity index (χ0v) is 24.4. The molecule has 1 aromatic carbocycles. The summed E-state index contributed by atoms with van der Waals surface area (Å²) in [7, 11) is 0. The van der Waals surface area contributed by atoms with Gasteiger partial charge in [-0.05, 0) is 24.3 Å². The number of esters is 1. The zero-order chi connectivity index (χ0) is 27.6. The summed E-state index contributed by atoms with van der Waals surface area (Å²) in [6.07, 6.45) is 4.48. The second-order valence-corrected chi connectivity index (χ2v) is 13.4. The highest BCUT2D eigenvalue weighted by Crippen LogP contribution is 2.68. The average Bonchev–Trinajstić information content (AvgIpc) is 3.48. The average molecular weight is 606 g/mol. The molecule has 7 atom stereocenters. The molecule has 2 amide bonds. The second kappa shape index (κ2) is 12.0. The van der Waals surface area contributed by atoms with Gasteiger partial charge in [0.1, 0.15) is 6.04 Å². The zero-order valence-electron chi connectivity index (χ0n) is 22.0. The van der Waals surface area contributed by atoms with Crippen molar-refractivity contribution in [3.05, 3.63) is 61.2 Å². The first-order valence-electron chi connectivity index (χ1n) is 13.2. The van der Waals surface area contributed by atoms with Gasteiger partial charge in [0, 0.05) is 23.2 Å². The topological polar surface area (TPSA) is 87.1 Å². The quantitative estimate of drug-likeness (QED) is 0.169. The van der Waals surface area contributed by atoms with E-state index in [0.29, 0.717) is 25.9 Å². The van der Waals surface area contributed by atoms with Crippen LogP contribution in [0.15, 0.2) is 55.6 Å². The standard InChI is InChI=1S/C29H37BrN2O5S/c1-5-7-14-37-28(36)22-23-26(34)32(21(17-33)18(3)4)25(29(23)15-20(30)24(22)38-29)27(35)31(13-6-2)16-19-11-9-8-10-12-19/h5-6,8-12,18,20-25,33H,1-2,7,13-17H2,3-4H3/t20?,21-,22-,23-,24-,25?,29?/m0/s1. The van der Waals surface area contributed by atoms with E-state index in [1.165, 1.54) is 0 Å². The van der Waals surface area contributed by atoms with Crippen molar-refractivity contribution in [3.63, 3.8) is 0 Å². The minimum atomic E-state index is -0.816. The van der Waals surface area contributed by atoms with Crippen LogP contribution in [0.1, 0.15) is 32.3 Å². The van der Waals surface area contributed by atoms with Gasteiger partial charge in [0.2, 0.25) is 11.8 Å². The predicted molar refractivity (Wildman–Crippen MR) is 153 cm³/mol. The molecule has 0 aromatic heterocycles. The molecule has 1 spiro atoms. The van der Waals surface area contributed by atoms with Crippen LogP contribution in [0.5, 0.6) is 0 Å². The number of ether oxygens (including phenoxy) is 1. The van der Waals surface area contributed by atoms with Crippen molar-refractivity contribution in [2.75, 3.05) is 19.8 Å².